The lowest BCUT2D eigenvalue weighted by Gasteiger charge is -2.09. The molecular weight excluding hydrogens is 380 g/mol. The molecular formula is C19H26N4O4S. The van der Waals surface area contributed by atoms with Crippen LogP contribution in [0.25, 0.3) is 0 Å². The number of nitrogens with zero attached hydrogens (tertiary/aromatic N) is 3. The molecule has 2 aromatic rings. The average molecular weight is 407 g/mol. The summed E-state index contributed by atoms with van der Waals surface area (Å²) in [6.45, 7) is 6.20. The first-order chi connectivity index (χ1) is 13.3. The van der Waals surface area contributed by atoms with Gasteiger partial charge in [0.05, 0.1) is 17.0 Å². The normalized spacial score (nSPS) is 10.6. The molecule has 0 unspecified atom stereocenters. The van der Waals surface area contributed by atoms with E-state index in [1.165, 1.54) is 4.90 Å². The van der Waals surface area contributed by atoms with Crippen LogP contribution in [0.4, 0.5) is 5.00 Å². The number of esters is 1. The molecule has 0 aliphatic heterocycles. The molecule has 9 heteroatoms. The fraction of sp³-hybridized carbons (Fsp3) is 0.474. The lowest BCUT2D eigenvalue weighted by Crippen LogP contribution is -2.21. The van der Waals surface area contributed by atoms with Crippen LogP contribution in [0.1, 0.15) is 51.1 Å². The molecule has 2 rings (SSSR count). The number of anilines is 1. The Morgan fingerprint density at radius 2 is 2.00 bits per heavy atom. The second kappa shape index (κ2) is 9.50. The van der Waals surface area contributed by atoms with Crippen LogP contribution in [0, 0.1) is 13.8 Å². The predicted octanol–water partition coefficient (Wildman–Crippen LogP) is 2.86. The molecule has 0 saturated heterocycles. The van der Waals surface area contributed by atoms with Gasteiger partial charge in [-0.05, 0) is 31.9 Å². The monoisotopic (exact) mass is 406 g/mol. The fourth-order valence-corrected chi connectivity index (χ4v) is 3.78. The molecule has 0 aliphatic rings. The van der Waals surface area contributed by atoms with E-state index in [2.05, 4.69) is 10.4 Å². The second-order valence-corrected chi connectivity index (χ2v) is 7.61. The van der Waals surface area contributed by atoms with E-state index in [4.69, 9.17) is 4.74 Å². The van der Waals surface area contributed by atoms with Gasteiger partial charge >= 0.3 is 5.97 Å². The average Bonchev–Trinajstić information content (AvgIpc) is 3.20. The van der Waals surface area contributed by atoms with Gasteiger partial charge in [-0.2, -0.15) is 5.10 Å². The molecule has 0 radical (unpaired) electrons. The number of aromatic nitrogens is 2. The topological polar surface area (TPSA) is 93.5 Å². The Hall–Kier alpha value is -2.68. The van der Waals surface area contributed by atoms with E-state index in [1.807, 2.05) is 19.9 Å². The van der Waals surface area contributed by atoms with Gasteiger partial charge in [0.2, 0.25) is 5.91 Å². The van der Waals surface area contributed by atoms with Gasteiger partial charge in [-0.15, -0.1) is 11.3 Å². The lowest BCUT2D eigenvalue weighted by atomic mass is 10.1. The van der Waals surface area contributed by atoms with Crippen molar-refractivity contribution in [3.63, 3.8) is 0 Å². The van der Waals surface area contributed by atoms with E-state index >= 15 is 0 Å². The summed E-state index contributed by atoms with van der Waals surface area (Å²) in [4.78, 5) is 39.2. The quantitative estimate of drug-likeness (QED) is 0.681. The Labute approximate surface area is 168 Å². The lowest BCUT2D eigenvalue weighted by molar-refractivity contribution is -0.116. The van der Waals surface area contributed by atoms with Crippen molar-refractivity contribution in [3.8, 4) is 0 Å². The van der Waals surface area contributed by atoms with Crippen LogP contribution in [0.15, 0.2) is 12.3 Å². The highest BCUT2D eigenvalue weighted by Crippen LogP contribution is 2.34. The number of nitrogens with one attached hydrogen (secondary N) is 1. The minimum atomic E-state index is -0.536. The highest BCUT2D eigenvalue weighted by molar-refractivity contribution is 7.18. The minimum absolute atomic E-state index is 0.194. The molecule has 2 aromatic heterocycles. The number of hydrogen-bond acceptors (Lipinski definition) is 6. The molecule has 1 N–H and O–H groups in total. The molecule has 0 bridgehead atoms. The van der Waals surface area contributed by atoms with Crippen molar-refractivity contribution < 1.29 is 19.1 Å². The maximum Gasteiger partial charge on any atom is 0.341 e. The van der Waals surface area contributed by atoms with Crippen molar-refractivity contribution >= 4 is 34.1 Å². The Bertz CT molecular complexity index is 869. The van der Waals surface area contributed by atoms with E-state index in [1.54, 1.807) is 31.9 Å². The molecule has 2 heterocycles. The van der Waals surface area contributed by atoms with Crippen LogP contribution in [-0.4, -0.2) is 53.2 Å². The summed E-state index contributed by atoms with van der Waals surface area (Å²) < 4.78 is 6.98. The summed E-state index contributed by atoms with van der Waals surface area (Å²) in [6, 6.07) is 1.86. The SMILES string of the molecule is CCCOC(=O)c1c(NC(=O)CCn2nccc2C)sc(C(=O)N(C)C)c1C. The van der Waals surface area contributed by atoms with Gasteiger partial charge in [-0.25, -0.2) is 4.79 Å². The third-order valence-electron chi connectivity index (χ3n) is 4.12. The molecule has 0 saturated carbocycles. The molecule has 2 amide bonds. The second-order valence-electron chi connectivity index (χ2n) is 6.59. The number of carbonyl (C=O) groups is 3. The zero-order valence-corrected chi connectivity index (χ0v) is 17.7. The number of thiophene rings is 1. The summed E-state index contributed by atoms with van der Waals surface area (Å²) in [5, 5.41) is 7.26. The maximum absolute atomic E-state index is 12.5. The van der Waals surface area contributed by atoms with Gasteiger partial charge < -0.3 is 15.0 Å². The highest BCUT2D eigenvalue weighted by atomic mass is 32.1. The van der Waals surface area contributed by atoms with Crippen LogP contribution in [0.2, 0.25) is 0 Å². The molecule has 152 valence electrons. The van der Waals surface area contributed by atoms with Gasteiger partial charge in [0.1, 0.15) is 5.00 Å². The number of ether oxygens (including phenoxy) is 1. The number of rotatable bonds is 8. The summed E-state index contributed by atoms with van der Waals surface area (Å²) >= 11 is 1.09. The highest BCUT2D eigenvalue weighted by Gasteiger charge is 2.27. The summed E-state index contributed by atoms with van der Waals surface area (Å²) in [5.74, 6) is -1.02. The summed E-state index contributed by atoms with van der Waals surface area (Å²) in [5.41, 5.74) is 1.72. The van der Waals surface area contributed by atoms with Crippen LogP contribution in [0.5, 0.6) is 0 Å². The van der Waals surface area contributed by atoms with Crippen molar-refractivity contribution in [2.24, 2.45) is 0 Å². The Kier molecular flexibility index (Phi) is 7.33. The third kappa shape index (κ3) is 4.98. The van der Waals surface area contributed by atoms with Crippen molar-refractivity contribution in [1.82, 2.24) is 14.7 Å². The third-order valence-corrected chi connectivity index (χ3v) is 5.32. The number of amides is 2. The molecule has 0 atom stereocenters. The molecule has 0 aliphatic carbocycles. The molecule has 28 heavy (non-hydrogen) atoms. The Morgan fingerprint density at radius 3 is 2.57 bits per heavy atom. The smallest absolute Gasteiger partial charge is 0.341 e. The van der Waals surface area contributed by atoms with Gasteiger partial charge in [0.25, 0.3) is 5.91 Å². The molecule has 0 aromatic carbocycles. The maximum atomic E-state index is 12.5. The zero-order chi connectivity index (χ0) is 20.8. The molecule has 0 fully saturated rings. The van der Waals surface area contributed by atoms with E-state index in [-0.39, 0.29) is 30.4 Å². The van der Waals surface area contributed by atoms with Gasteiger partial charge in [-0.1, -0.05) is 6.92 Å². The van der Waals surface area contributed by atoms with E-state index < -0.39 is 5.97 Å². The molecule has 0 spiro atoms. The largest absolute Gasteiger partial charge is 0.462 e. The first-order valence-electron chi connectivity index (χ1n) is 9.06. The minimum Gasteiger partial charge on any atom is -0.462 e. The Balaban J connectivity index is 2.23. The zero-order valence-electron chi connectivity index (χ0n) is 16.9. The molecule has 8 nitrogen and oxygen atoms in total. The van der Waals surface area contributed by atoms with E-state index in [9.17, 15) is 14.4 Å². The first-order valence-corrected chi connectivity index (χ1v) is 9.88. The van der Waals surface area contributed by atoms with Crippen molar-refractivity contribution in [3.05, 3.63) is 34.0 Å². The van der Waals surface area contributed by atoms with E-state index in [0.29, 0.717) is 28.4 Å². The van der Waals surface area contributed by atoms with Gasteiger partial charge in [0, 0.05) is 39.0 Å². The fourth-order valence-electron chi connectivity index (χ4n) is 2.55. The summed E-state index contributed by atoms with van der Waals surface area (Å²) in [7, 11) is 3.28. The predicted molar refractivity (Wildman–Crippen MR) is 108 cm³/mol. The van der Waals surface area contributed by atoms with Crippen LogP contribution in [-0.2, 0) is 16.1 Å². The number of hydrogen-bond donors (Lipinski definition) is 1. The van der Waals surface area contributed by atoms with Crippen molar-refractivity contribution in [1.29, 1.82) is 0 Å². The van der Waals surface area contributed by atoms with Crippen LogP contribution in [0.3, 0.4) is 0 Å². The van der Waals surface area contributed by atoms with Crippen LogP contribution >= 0.6 is 11.3 Å². The van der Waals surface area contributed by atoms with Crippen LogP contribution < -0.4 is 5.32 Å². The first kappa shape index (κ1) is 21.6. The van der Waals surface area contributed by atoms with Gasteiger partial charge in [0.15, 0.2) is 0 Å². The number of aryl methyl sites for hydroxylation is 2. The van der Waals surface area contributed by atoms with Crippen molar-refractivity contribution in [2.45, 2.75) is 40.2 Å². The van der Waals surface area contributed by atoms with E-state index in [0.717, 1.165) is 17.0 Å². The van der Waals surface area contributed by atoms with Gasteiger partial charge in [-0.3, -0.25) is 14.3 Å². The number of carbonyl (C=O) groups excluding carboxylic acids is 3. The summed E-state index contributed by atoms with van der Waals surface area (Å²) in [6.07, 6.45) is 2.56. The standard InChI is InChI=1S/C19H26N4O4S/c1-6-11-27-19(26)15-13(3)16(18(25)22(4)5)28-17(15)21-14(24)8-10-23-12(2)7-9-20-23/h7,9H,6,8,10-11H2,1-5H3,(H,21,24). The van der Waals surface area contributed by atoms with Crippen molar-refractivity contribution in [2.75, 3.05) is 26.0 Å². The Morgan fingerprint density at radius 1 is 1.29 bits per heavy atom.